The lowest BCUT2D eigenvalue weighted by molar-refractivity contribution is -0.124. The lowest BCUT2D eigenvalue weighted by Crippen LogP contribution is -2.45. The number of benzene rings is 2. The van der Waals surface area contributed by atoms with Gasteiger partial charge in [0.05, 0.1) is 11.4 Å². The van der Waals surface area contributed by atoms with Crippen LogP contribution in [0.15, 0.2) is 59.6 Å². The van der Waals surface area contributed by atoms with Crippen LogP contribution in [0.25, 0.3) is 0 Å². The summed E-state index contributed by atoms with van der Waals surface area (Å²) in [6.07, 6.45) is 2.57. The van der Waals surface area contributed by atoms with Crippen molar-refractivity contribution in [2.75, 3.05) is 18.0 Å². The molecule has 0 saturated carbocycles. The summed E-state index contributed by atoms with van der Waals surface area (Å²) in [5.74, 6) is 0.0481. The van der Waals surface area contributed by atoms with Gasteiger partial charge in [-0.1, -0.05) is 75.7 Å². The van der Waals surface area contributed by atoms with Crippen molar-refractivity contribution in [3.63, 3.8) is 0 Å². The van der Waals surface area contributed by atoms with E-state index in [2.05, 4.69) is 26.1 Å². The quantitative estimate of drug-likeness (QED) is 0.669. The Balaban J connectivity index is 2.03. The van der Waals surface area contributed by atoms with Crippen LogP contribution in [-0.2, 0) is 9.59 Å². The van der Waals surface area contributed by atoms with E-state index in [4.69, 9.17) is 4.99 Å². The van der Waals surface area contributed by atoms with Crippen molar-refractivity contribution >= 4 is 23.2 Å². The van der Waals surface area contributed by atoms with Crippen molar-refractivity contribution in [3.8, 4) is 0 Å². The van der Waals surface area contributed by atoms with Gasteiger partial charge >= 0.3 is 0 Å². The fourth-order valence-electron chi connectivity index (χ4n) is 3.68. The monoisotopic (exact) mass is 405 g/mol. The smallest absolute Gasteiger partial charge is 0.252 e. The van der Waals surface area contributed by atoms with Crippen molar-refractivity contribution in [1.82, 2.24) is 5.32 Å². The lowest BCUT2D eigenvalue weighted by Gasteiger charge is -2.25. The number of rotatable bonds is 8. The Morgan fingerprint density at radius 3 is 2.50 bits per heavy atom. The highest BCUT2D eigenvalue weighted by Gasteiger charge is 2.33. The average molecular weight is 406 g/mol. The van der Waals surface area contributed by atoms with E-state index in [1.807, 2.05) is 54.6 Å². The topological polar surface area (TPSA) is 61.8 Å². The van der Waals surface area contributed by atoms with Gasteiger partial charge in [-0.25, -0.2) is 0 Å². The maximum Gasteiger partial charge on any atom is 0.252 e. The molecule has 1 aliphatic rings. The van der Waals surface area contributed by atoms with Gasteiger partial charge in [-0.05, 0) is 24.8 Å². The van der Waals surface area contributed by atoms with Gasteiger partial charge in [0, 0.05) is 17.7 Å². The molecule has 1 N–H and O–H groups in total. The molecule has 2 aromatic rings. The van der Waals surface area contributed by atoms with E-state index >= 15 is 0 Å². The van der Waals surface area contributed by atoms with Gasteiger partial charge in [-0.2, -0.15) is 0 Å². The van der Waals surface area contributed by atoms with Crippen LogP contribution < -0.4 is 10.2 Å². The summed E-state index contributed by atoms with van der Waals surface area (Å²) in [6, 6.07) is 17.2. The minimum absolute atomic E-state index is 0.00570. The summed E-state index contributed by atoms with van der Waals surface area (Å²) in [6.45, 7) is 6.89. The van der Waals surface area contributed by atoms with Crippen LogP contribution in [0.4, 0.5) is 5.69 Å². The SMILES string of the molecule is CCCCNC(=O)CN1C(=O)C(CC(C)C)N=C(c2ccccc2)c2ccccc21. The van der Waals surface area contributed by atoms with Crippen LogP contribution in [0.2, 0.25) is 0 Å². The second-order valence-corrected chi connectivity index (χ2v) is 8.13. The van der Waals surface area contributed by atoms with E-state index in [-0.39, 0.29) is 18.4 Å². The number of hydrogen-bond donors (Lipinski definition) is 1. The Hall–Kier alpha value is -2.95. The molecule has 1 unspecified atom stereocenters. The van der Waals surface area contributed by atoms with E-state index in [1.54, 1.807) is 4.90 Å². The molecule has 30 heavy (non-hydrogen) atoms. The van der Waals surface area contributed by atoms with Crippen LogP contribution in [0, 0.1) is 5.92 Å². The van der Waals surface area contributed by atoms with Crippen molar-refractivity contribution in [2.24, 2.45) is 10.9 Å². The van der Waals surface area contributed by atoms with Crippen molar-refractivity contribution in [3.05, 3.63) is 65.7 Å². The van der Waals surface area contributed by atoms with Crippen LogP contribution in [0.3, 0.4) is 0 Å². The molecular formula is C25H31N3O2. The fourth-order valence-corrected chi connectivity index (χ4v) is 3.68. The number of nitrogens with zero attached hydrogens (tertiary/aromatic N) is 2. The van der Waals surface area contributed by atoms with Crippen LogP contribution >= 0.6 is 0 Å². The molecule has 1 atom stereocenters. The number of benzodiazepines with no additional fused rings is 1. The Morgan fingerprint density at radius 2 is 1.80 bits per heavy atom. The number of nitrogens with one attached hydrogen (secondary N) is 1. The van der Waals surface area contributed by atoms with Crippen LogP contribution in [0.5, 0.6) is 0 Å². The van der Waals surface area contributed by atoms with Gasteiger partial charge in [0.15, 0.2) is 0 Å². The molecule has 1 heterocycles. The molecule has 0 saturated heterocycles. The van der Waals surface area contributed by atoms with Gasteiger partial charge in [0.2, 0.25) is 5.91 Å². The zero-order chi connectivity index (χ0) is 21.5. The second-order valence-electron chi connectivity index (χ2n) is 8.13. The molecule has 3 rings (SSSR count). The number of unbranched alkanes of at least 4 members (excludes halogenated alkanes) is 1. The summed E-state index contributed by atoms with van der Waals surface area (Å²) >= 11 is 0. The standard InChI is InChI=1S/C25H31N3O2/c1-4-5-15-26-23(29)17-28-22-14-10-9-13-20(22)24(19-11-7-6-8-12-19)27-21(25(28)30)16-18(2)3/h6-14,18,21H,4-5,15-17H2,1-3H3,(H,26,29). The highest BCUT2D eigenvalue weighted by atomic mass is 16.2. The Labute approximate surface area is 179 Å². The molecule has 2 aromatic carbocycles. The molecular weight excluding hydrogens is 374 g/mol. The minimum Gasteiger partial charge on any atom is -0.355 e. The Bertz CT molecular complexity index is 906. The molecule has 5 nitrogen and oxygen atoms in total. The van der Waals surface area contributed by atoms with Crippen LogP contribution in [-0.4, -0.2) is 36.7 Å². The third-order valence-corrected chi connectivity index (χ3v) is 5.18. The minimum atomic E-state index is -0.518. The molecule has 2 amide bonds. The number of para-hydroxylation sites is 1. The van der Waals surface area contributed by atoms with Crippen molar-refractivity contribution < 1.29 is 9.59 Å². The number of amides is 2. The van der Waals surface area contributed by atoms with E-state index < -0.39 is 6.04 Å². The van der Waals surface area contributed by atoms with E-state index in [1.165, 1.54) is 0 Å². The first-order valence-corrected chi connectivity index (χ1v) is 10.8. The molecule has 1 aliphatic heterocycles. The lowest BCUT2D eigenvalue weighted by atomic mass is 10.00. The van der Waals surface area contributed by atoms with E-state index in [0.717, 1.165) is 35.4 Å². The molecule has 0 aliphatic carbocycles. The van der Waals surface area contributed by atoms with E-state index in [0.29, 0.717) is 18.9 Å². The third-order valence-electron chi connectivity index (χ3n) is 5.18. The zero-order valence-electron chi connectivity index (χ0n) is 18.1. The van der Waals surface area contributed by atoms with Crippen molar-refractivity contribution in [1.29, 1.82) is 0 Å². The number of hydrogen-bond acceptors (Lipinski definition) is 3. The maximum atomic E-state index is 13.5. The van der Waals surface area contributed by atoms with Crippen LogP contribution in [0.1, 0.15) is 51.2 Å². The normalized spacial score (nSPS) is 16.1. The predicted molar refractivity (Wildman–Crippen MR) is 122 cm³/mol. The van der Waals surface area contributed by atoms with Gasteiger partial charge < -0.3 is 10.2 Å². The highest BCUT2D eigenvalue weighted by Crippen LogP contribution is 2.30. The number of anilines is 1. The fraction of sp³-hybridized carbons (Fsp3) is 0.400. The van der Waals surface area contributed by atoms with E-state index in [9.17, 15) is 9.59 Å². The Morgan fingerprint density at radius 1 is 1.10 bits per heavy atom. The van der Waals surface area contributed by atoms with Crippen molar-refractivity contribution in [2.45, 2.75) is 46.1 Å². The number of carbonyl (C=O) groups is 2. The molecule has 5 heteroatoms. The summed E-state index contributed by atoms with van der Waals surface area (Å²) in [4.78, 5) is 32.7. The first kappa shape index (κ1) is 21.8. The number of fused-ring (bicyclic) bond motifs is 1. The molecule has 158 valence electrons. The zero-order valence-corrected chi connectivity index (χ0v) is 18.1. The highest BCUT2D eigenvalue weighted by molar-refractivity contribution is 6.20. The number of carbonyl (C=O) groups excluding carboxylic acids is 2. The predicted octanol–water partition coefficient (Wildman–Crippen LogP) is 4.20. The third kappa shape index (κ3) is 5.15. The largest absolute Gasteiger partial charge is 0.355 e. The Kier molecular flexibility index (Phi) is 7.39. The average Bonchev–Trinajstić information content (AvgIpc) is 2.85. The van der Waals surface area contributed by atoms with Gasteiger partial charge in [0.25, 0.3) is 5.91 Å². The maximum absolute atomic E-state index is 13.5. The summed E-state index contributed by atoms with van der Waals surface area (Å²) in [7, 11) is 0. The first-order chi connectivity index (χ1) is 14.5. The molecule has 0 fully saturated rings. The summed E-state index contributed by atoms with van der Waals surface area (Å²) in [5, 5.41) is 2.93. The summed E-state index contributed by atoms with van der Waals surface area (Å²) < 4.78 is 0. The van der Waals surface area contributed by atoms with Gasteiger partial charge in [0.1, 0.15) is 12.6 Å². The summed E-state index contributed by atoms with van der Waals surface area (Å²) in [5.41, 5.74) is 3.39. The molecule has 0 spiro atoms. The van der Waals surface area contributed by atoms with Gasteiger partial charge in [-0.3, -0.25) is 14.6 Å². The first-order valence-electron chi connectivity index (χ1n) is 10.8. The molecule has 0 aromatic heterocycles. The second kappa shape index (κ2) is 10.2. The molecule has 0 bridgehead atoms. The number of aliphatic imine (C=N–C) groups is 1. The molecule has 0 radical (unpaired) electrons. The van der Waals surface area contributed by atoms with Gasteiger partial charge in [-0.15, -0.1) is 0 Å².